The Bertz CT molecular complexity index is 1240. The smallest absolute Gasteiger partial charge is 0.357 e. The van der Waals surface area contributed by atoms with Gasteiger partial charge in [-0.15, -0.1) is 11.3 Å². The first-order valence-corrected chi connectivity index (χ1v) is 9.38. The van der Waals surface area contributed by atoms with Gasteiger partial charge in [-0.1, -0.05) is 23.7 Å². The van der Waals surface area contributed by atoms with Crippen LogP contribution in [0.4, 0.5) is 5.69 Å². The lowest BCUT2D eigenvalue weighted by Crippen LogP contribution is -2.11. The van der Waals surface area contributed by atoms with Gasteiger partial charge in [0.1, 0.15) is 11.1 Å². The highest BCUT2D eigenvalue weighted by molar-refractivity contribution is 7.21. The summed E-state index contributed by atoms with van der Waals surface area (Å²) < 4.78 is 7.38. The van der Waals surface area contributed by atoms with Gasteiger partial charge in [-0.25, -0.2) is 9.78 Å². The molecule has 0 bridgehead atoms. The maximum atomic E-state index is 12.2. The van der Waals surface area contributed by atoms with E-state index in [-0.39, 0.29) is 16.9 Å². The minimum atomic E-state index is -0.634. The minimum absolute atomic E-state index is 0.0701. The summed E-state index contributed by atoms with van der Waals surface area (Å²) in [6.45, 7) is 0. The standard InChI is InChI=1S/C20H13ClN4O2S/c1-27-20(26)18-17(23)11(9-22)10-25(18)12-6-7-13(14(21)8-12)19-24-15-4-2-3-5-16(15)28-19/h2-8,10H,23H2,1H3. The number of nitrogens with zero attached hydrogens (tertiary/aromatic N) is 3. The van der Waals surface area contributed by atoms with Crippen molar-refractivity contribution in [3.8, 4) is 22.3 Å². The lowest BCUT2D eigenvalue weighted by Gasteiger charge is -2.10. The molecule has 2 N–H and O–H groups in total. The molecule has 2 heterocycles. The molecule has 0 unspecified atom stereocenters. The molecule has 4 rings (SSSR count). The van der Waals surface area contributed by atoms with Crippen molar-refractivity contribution < 1.29 is 9.53 Å². The van der Waals surface area contributed by atoms with Crippen LogP contribution in [0.25, 0.3) is 26.5 Å². The number of aromatic nitrogens is 2. The second kappa shape index (κ2) is 7.00. The van der Waals surface area contributed by atoms with Crippen LogP contribution in [0.3, 0.4) is 0 Å². The Morgan fingerprint density at radius 2 is 2.11 bits per heavy atom. The van der Waals surface area contributed by atoms with Crippen molar-refractivity contribution >= 4 is 44.8 Å². The third-order valence-electron chi connectivity index (χ3n) is 4.30. The molecule has 0 spiro atoms. The molecule has 0 saturated carbocycles. The Kier molecular flexibility index (Phi) is 4.51. The summed E-state index contributed by atoms with van der Waals surface area (Å²) in [4.78, 5) is 16.8. The number of benzene rings is 2. The summed E-state index contributed by atoms with van der Waals surface area (Å²) >= 11 is 8.08. The van der Waals surface area contributed by atoms with Gasteiger partial charge >= 0.3 is 5.97 Å². The van der Waals surface area contributed by atoms with E-state index < -0.39 is 5.97 Å². The fourth-order valence-corrected chi connectivity index (χ4v) is 4.26. The second-order valence-corrected chi connectivity index (χ2v) is 7.37. The average Bonchev–Trinajstić information content (AvgIpc) is 3.28. The van der Waals surface area contributed by atoms with Crippen molar-refractivity contribution in [1.82, 2.24) is 9.55 Å². The van der Waals surface area contributed by atoms with Gasteiger partial charge in [0.15, 0.2) is 5.69 Å². The fraction of sp³-hybridized carbons (Fsp3) is 0.0500. The van der Waals surface area contributed by atoms with Crippen LogP contribution in [0, 0.1) is 11.3 Å². The first-order valence-electron chi connectivity index (χ1n) is 8.18. The van der Waals surface area contributed by atoms with Crippen LogP contribution in [0.1, 0.15) is 16.1 Å². The third kappa shape index (κ3) is 2.89. The molecule has 0 amide bonds. The van der Waals surface area contributed by atoms with Crippen LogP contribution in [-0.4, -0.2) is 22.6 Å². The van der Waals surface area contributed by atoms with Crippen molar-refractivity contribution in [2.45, 2.75) is 0 Å². The number of carbonyl (C=O) groups is 1. The van der Waals surface area contributed by atoms with Crippen molar-refractivity contribution in [3.63, 3.8) is 0 Å². The van der Waals surface area contributed by atoms with Gasteiger partial charge in [-0.2, -0.15) is 5.26 Å². The molecule has 4 aromatic rings. The first kappa shape index (κ1) is 18.0. The van der Waals surface area contributed by atoms with E-state index in [0.29, 0.717) is 10.7 Å². The van der Waals surface area contributed by atoms with Crippen LogP contribution in [0.5, 0.6) is 0 Å². The first-order chi connectivity index (χ1) is 13.5. The highest BCUT2D eigenvalue weighted by Crippen LogP contribution is 2.36. The van der Waals surface area contributed by atoms with Crippen molar-refractivity contribution in [3.05, 3.63) is 64.9 Å². The lowest BCUT2D eigenvalue weighted by atomic mass is 10.2. The number of esters is 1. The van der Waals surface area contributed by atoms with Crippen molar-refractivity contribution in [1.29, 1.82) is 5.26 Å². The number of carbonyl (C=O) groups excluding carboxylic acids is 1. The number of fused-ring (bicyclic) bond motifs is 1. The Hall–Kier alpha value is -3.34. The van der Waals surface area contributed by atoms with Gasteiger partial charge in [-0.05, 0) is 30.3 Å². The van der Waals surface area contributed by atoms with Crippen LogP contribution < -0.4 is 5.73 Å². The van der Waals surface area contributed by atoms with Crippen LogP contribution in [-0.2, 0) is 4.74 Å². The van der Waals surface area contributed by atoms with Crippen molar-refractivity contribution in [2.75, 3.05) is 12.8 Å². The lowest BCUT2D eigenvalue weighted by molar-refractivity contribution is 0.0593. The van der Waals surface area contributed by atoms with Gasteiger partial charge in [0, 0.05) is 17.4 Å². The molecule has 28 heavy (non-hydrogen) atoms. The van der Waals surface area contributed by atoms with Crippen LogP contribution in [0.15, 0.2) is 48.7 Å². The van der Waals surface area contributed by atoms with Gasteiger partial charge in [0.2, 0.25) is 0 Å². The van der Waals surface area contributed by atoms with E-state index in [4.69, 9.17) is 22.1 Å². The van der Waals surface area contributed by atoms with E-state index >= 15 is 0 Å². The Labute approximate surface area is 169 Å². The molecule has 0 aliphatic rings. The number of anilines is 1. The number of nitrogen functional groups attached to an aromatic ring is 1. The number of ether oxygens (including phenoxy) is 1. The Morgan fingerprint density at radius 1 is 1.32 bits per heavy atom. The zero-order valence-corrected chi connectivity index (χ0v) is 16.2. The monoisotopic (exact) mass is 408 g/mol. The Morgan fingerprint density at radius 3 is 2.79 bits per heavy atom. The van der Waals surface area contributed by atoms with E-state index in [9.17, 15) is 10.1 Å². The summed E-state index contributed by atoms with van der Waals surface area (Å²) in [5.41, 5.74) is 8.57. The average molecular weight is 409 g/mol. The molecule has 0 radical (unpaired) electrons. The number of rotatable bonds is 3. The van der Waals surface area contributed by atoms with E-state index in [1.807, 2.05) is 36.4 Å². The minimum Gasteiger partial charge on any atom is -0.464 e. The number of para-hydroxylation sites is 1. The molecule has 2 aromatic heterocycles. The fourth-order valence-electron chi connectivity index (χ4n) is 2.93. The number of hydrogen-bond acceptors (Lipinski definition) is 6. The van der Waals surface area contributed by atoms with Gasteiger partial charge in [0.25, 0.3) is 0 Å². The van der Waals surface area contributed by atoms with E-state index in [1.54, 1.807) is 23.5 Å². The topological polar surface area (TPSA) is 93.9 Å². The van der Waals surface area contributed by atoms with Crippen molar-refractivity contribution in [2.24, 2.45) is 0 Å². The zero-order valence-electron chi connectivity index (χ0n) is 14.6. The summed E-state index contributed by atoms with van der Waals surface area (Å²) in [6, 6.07) is 15.2. The molecule has 138 valence electrons. The molecule has 2 aromatic carbocycles. The number of methoxy groups -OCH3 is 1. The highest BCUT2D eigenvalue weighted by atomic mass is 35.5. The molecule has 0 fully saturated rings. The number of hydrogen-bond donors (Lipinski definition) is 1. The number of thiazole rings is 1. The SMILES string of the molecule is COC(=O)c1c(N)c(C#N)cn1-c1ccc(-c2nc3ccccc3s2)c(Cl)c1. The molecule has 8 heteroatoms. The summed E-state index contributed by atoms with van der Waals surface area (Å²) in [5, 5.41) is 10.5. The summed E-state index contributed by atoms with van der Waals surface area (Å²) in [6.07, 6.45) is 1.49. The predicted molar refractivity (Wildman–Crippen MR) is 110 cm³/mol. The molecular weight excluding hydrogens is 396 g/mol. The molecule has 0 atom stereocenters. The van der Waals surface area contributed by atoms with Gasteiger partial charge in [0.05, 0.1) is 33.6 Å². The molecule has 0 saturated heterocycles. The maximum absolute atomic E-state index is 12.2. The number of nitriles is 1. The number of halogens is 1. The second-order valence-electron chi connectivity index (χ2n) is 5.93. The molecule has 6 nitrogen and oxygen atoms in total. The van der Waals surface area contributed by atoms with Crippen LogP contribution >= 0.6 is 22.9 Å². The normalized spacial score (nSPS) is 10.8. The Balaban J connectivity index is 1.83. The zero-order chi connectivity index (χ0) is 19.8. The quantitative estimate of drug-likeness (QED) is 0.498. The summed E-state index contributed by atoms with van der Waals surface area (Å²) in [7, 11) is 1.26. The summed E-state index contributed by atoms with van der Waals surface area (Å²) in [5.74, 6) is -0.634. The van der Waals surface area contributed by atoms with Crippen LogP contribution in [0.2, 0.25) is 5.02 Å². The molecular formula is C20H13ClN4O2S. The number of nitrogens with two attached hydrogens (primary N) is 1. The predicted octanol–water partition coefficient (Wildman–Crippen LogP) is 4.65. The van der Waals surface area contributed by atoms with E-state index in [0.717, 1.165) is 20.8 Å². The largest absolute Gasteiger partial charge is 0.464 e. The van der Waals surface area contributed by atoms with E-state index in [1.165, 1.54) is 17.9 Å². The van der Waals surface area contributed by atoms with Gasteiger partial charge < -0.3 is 15.0 Å². The maximum Gasteiger partial charge on any atom is 0.357 e. The van der Waals surface area contributed by atoms with E-state index in [2.05, 4.69) is 4.98 Å². The third-order valence-corrected chi connectivity index (χ3v) is 5.68. The van der Waals surface area contributed by atoms with Gasteiger partial charge in [-0.3, -0.25) is 0 Å². The molecule has 0 aliphatic heterocycles. The highest BCUT2D eigenvalue weighted by Gasteiger charge is 2.22. The molecule has 0 aliphatic carbocycles.